The molecule has 0 aliphatic heterocycles. The van der Waals surface area contributed by atoms with Gasteiger partial charge in [-0.15, -0.1) is 0 Å². The molecular formula is C17H18O4. The van der Waals surface area contributed by atoms with Crippen LogP contribution in [-0.2, 0) is 4.79 Å². The summed E-state index contributed by atoms with van der Waals surface area (Å²) in [7, 11) is 0. The summed E-state index contributed by atoms with van der Waals surface area (Å²) in [5, 5.41) is 29.3. The predicted molar refractivity (Wildman–Crippen MR) is 79.5 cm³/mol. The fourth-order valence-corrected chi connectivity index (χ4v) is 2.69. The number of hydrogen-bond acceptors (Lipinski definition) is 3. The highest BCUT2D eigenvalue weighted by Crippen LogP contribution is 2.40. The molecule has 1 aliphatic rings. The molecule has 2 unspecified atom stereocenters. The minimum absolute atomic E-state index is 0.184. The lowest BCUT2D eigenvalue weighted by Crippen LogP contribution is -2.40. The molecular weight excluding hydrogens is 268 g/mol. The van der Waals surface area contributed by atoms with Crippen molar-refractivity contribution in [3.8, 4) is 0 Å². The van der Waals surface area contributed by atoms with Crippen LogP contribution in [0.5, 0.6) is 0 Å². The Morgan fingerprint density at radius 2 is 1.95 bits per heavy atom. The van der Waals surface area contributed by atoms with Gasteiger partial charge in [0, 0.05) is 12.0 Å². The Morgan fingerprint density at radius 3 is 2.57 bits per heavy atom. The molecule has 1 aliphatic carbocycles. The molecule has 0 saturated carbocycles. The summed E-state index contributed by atoms with van der Waals surface area (Å²) in [4.78, 5) is 10.7. The number of carboxylic acids is 1. The summed E-state index contributed by atoms with van der Waals surface area (Å²) in [6.07, 6.45) is 6.96. The zero-order valence-electron chi connectivity index (χ0n) is 11.7. The molecule has 1 aromatic carbocycles. The highest BCUT2D eigenvalue weighted by molar-refractivity contribution is 5.80. The van der Waals surface area contributed by atoms with Crippen LogP contribution in [0.3, 0.4) is 0 Å². The molecule has 0 amide bonds. The molecule has 1 aromatic rings. The zero-order valence-corrected chi connectivity index (χ0v) is 11.7. The number of allylic oxidation sites excluding steroid dienone is 3. The lowest BCUT2D eigenvalue weighted by Gasteiger charge is -2.36. The van der Waals surface area contributed by atoms with Gasteiger partial charge in [-0.3, -0.25) is 0 Å². The van der Waals surface area contributed by atoms with Crippen molar-refractivity contribution >= 4 is 5.97 Å². The molecule has 0 fully saturated rings. The van der Waals surface area contributed by atoms with Crippen LogP contribution >= 0.6 is 0 Å². The van der Waals surface area contributed by atoms with E-state index >= 15 is 0 Å². The highest BCUT2D eigenvalue weighted by atomic mass is 16.5. The van der Waals surface area contributed by atoms with Crippen molar-refractivity contribution in [3.05, 3.63) is 71.8 Å². The number of benzene rings is 1. The zero-order chi connectivity index (χ0) is 15.5. The Balaban J connectivity index is 2.38. The molecule has 0 radical (unpaired) electrons. The second-order valence-corrected chi connectivity index (χ2v) is 5.16. The van der Waals surface area contributed by atoms with E-state index in [0.717, 1.165) is 11.6 Å². The van der Waals surface area contributed by atoms with Crippen molar-refractivity contribution in [1.29, 1.82) is 0 Å². The van der Waals surface area contributed by atoms with Crippen molar-refractivity contribution < 1.29 is 20.1 Å². The molecule has 110 valence electrons. The predicted octanol–water partition coefficient (Wildman–Crippen LogP) is 2.22. The Labute approximate surface area is 123 Å². The van der Waals surface area contributed by atoms with Crippen molar-refractivity contribution in [2.24, 2.45) is 5.92 Å². The standard InChI is InChI=1S/C17H18O4/c1-12(13-6-3-2-4-7-13)16-14(9-10-15(18)19)8-5-11-17(16,20)21/h2-12,16,20-21H,1H3,(H,18,19)/b10-9+. The Morgan fingerprint density at radius 1 is 1.29 bits per heavy atom. The van der Waals surface area contributed by atoms with Crippen LogP contribution in [0.2, 0.25) is 0 Å². The van der Waals surface area contributed by atoms with Crippen LogP contribution in [0.1, 0.15) is 18.4 Å². The van der Waals surface area contributed by atoms with Crippen LogP contribution in [0.25, 0.3) is 0 Å². The van der Waals surface area contributed by atoms with E-state index in [0.29, 0.717) is 5.57 Å². The number of hydrogen-bond donors (Lipinski definition) is 3. The number of carboxylic acid groups (broad SMARTS) is 1. The molecule has 0 bridgehead atoms. The van der Waals surface area contributed by atoms with E-state index in [9.17, 15) is 15.0 Å². The summed E-state index contributed by atoms with van der Waals surface area (Å²) in [6, 6.07) is 9.49. The molecule has 0 saturated heterocycles. The van der Waals surface area contributed by atoms with E-state index in [1.807, 2.05) is 37.3 Å². The van der Waals surface area contributed by atoms with Gasteiger partial charge in [0.15, 0.2) is 5.79 Å². The largest absolute Gasteiger partial charge is 0.478 e. The summed E-state index contributed by atoms with van der Waals surface area (Å²) in [5.41, 5.74) is 1.53. The average molecular weight is 286 g/mol. The maximum atomic E-state index is 10.7. The fraction of sp³-hybridized carbons (Fsp3) is 0.235. The summed E-state index contributed by atoms with van der Waals surface area (Å²) < 4.78 is 0. The van der Waals surface area contributed by atoms with Crippen molar-refractivity contribution in [1.82, 2.24) is 0 Å². The van der Waals surface area contributed by atoms with Crippen LogP contribution in [0, 0.1) is 5.92 Å². The molecule has 0 spiro atoms. The molecule has 21 heavy (non-hydrogen) atoms. The molecule has 0 heterocycles. The average Bonchev–Trinajstić information content (AvgIpc) is 2.44. The lowest BCUT2D eigenvalue weighted by atomic mass is 9.74. The first kappa shape index (κ1) is 15.2. The number of rotatable bonds is 4. The van der Waals surface area contributed by atoms with Gasteiger partial charge in [-0.05, 0) is 23.1 Å². The Bertz CT molecular complexity index is 596. The van der Waals surface area contributed by atoms with Gasteiger partial charge >= 0.3 is 5.97 Å². The monoisotopic (exact) mass is 286 g/mol. The van der Waals surface area contributed by atoms with Gasteiger partial charge in [0.05, 0.1) is 0 Å². The van der Waals surface area contributed by atoms with Crippen LogP contribution in [-0.4, -0.2) is 27.1 Å². The lowest BCUT2D eigenvalue weighted by molar-refractivity contribution is -0.155. The Hall–Kier alpha value is -2.17. The first-order chi connectivity index (χ1) is 9.92. The molecule has 3 N–H and O–H groups in total. The first-order valence-corrected chi connectivity index (χ1v) is 6.72. The topological polar surface area (TPSA) is 77.8 Å². The third-order valence-electron chi connectivity index (χ3n) is 3.69. The maximum Gasteiger partial charge on any atom is 0.328 e. The SMILES string of the molecule is CC(c1ccccc1)C1C(/C=C/C(=O)O)=CC=CC1(O)O. The molecule has 2 rings (SSSR count). The third kappa shape index (κ3) is 3.48. The van der Waals surface area contributed by atoms with Gasteiger partial charge in [-0.25, -0.2) is 4.79 Å². The second kappa shape index (κ2) is 6.08. The Kier molecular flexibility index (Phi) is 4.40. The van der Waals surface area contributed by atoms with E-state index in [-0.39, 0.29) is 5.92 Å². The van der Waals surface area contributed by atoms with Gasteiger partial charge in [-0.1, -0.05) is 55.5 Å². The highest BCUT2D eigenvalue weighted by Gasteiger charge is 2.39. The quantitative estimate of drug-likeness (QED) is 0.586. The summed E-state index contributed by atoms with van der Waals surface area (Å²) in [5.74, 6) is -3.91. The van der Waals surface area contributed by atoms with Gasteiger partial charge in [0.1, 0.15) is 0 Å². The minimum Gasteiger partial charge on any atom is -0.478 e. The van der Waals surface area contributed by atoms with Gasteiger partial charge in [0.25, 0.3) is 0 Å². The molecule has 2 atom stereocenters. The molecule has 4 heteroatoms. The van der Waals surface area contributed by atoms with Crippen LogP contribution in [0.15, 0.2) is 66.3 Å². The van der Waals surface area contributed by atoms with Crippen molar-refractivity contribution in [3.63, 3.8) is 0 Å². The normalized spacial score (nSPS) is 22.0. The number of aliphatic carboxylic acids is 1. The smallest absolute Gasteiger partial charge is 0.328 e. The van der Waals surface area contributed by atoms with Gasteiger partial charge in [0.2, 0.25) is 0 Å². The summed E-state index contributed by atoms with van der Waals surface area (Å²) in [6.45, 7) is 1.89. The fourth-order valence-electron chi connectivity index (χ4n) is 2.69. The van der Waals surface area contributed by atoms with E-state index in [1.165, 1.54) is 18.2 Å². The second-order valence-electron chi connectivity index (χ2n) is 5.16. The van der Waals surface area contributed by atoms with Crippen LogP contribution < -0.4 is 0 Å². The van der Waals surface area contributed by atoms with Gasteiger partial charge < -0.3 is 15.3 Å². The van der Waals surface area contributed by atoms with Crippen molar-refractivity contribution in [2.75, 3.05) is 0 Å². The number of carbonyl (C=O) groups is 1. The van der Waals surface area contributed by atoms with E-state index in [1.54, 1.807) is 6.08 Å². The molecule has 0 aromatic heterocycles. The maximum absolute atomic E-state index is 10.7. The third-order valence-corrected chi connectivity index (χ3v) is 3.69. The van der Waals surface area contributed by atoms with E-state index in [4.69, 9.17) is 5.11 Å². The molecule has 4 nitrogen and oxygen atoms in total. The van der Waals surface area contributed by atoms with Gasteiger partial charge in [-0.2, -0.15) is 0 Å². The first-order valence-electron chi connectivity index (χ1n) is 6.72. The number of aliphatic hydroxyl groups is 2. The minimum atomic E-state index is -2.01. The van der Waals surface area contributed by atoms with Crippen molar-refractivity contribution in [2.45, 2.75) is 18.6 Å². The van der Waals surface area contributed by atoms with E-state index in [2.05, 4.69) is 0 Å². The van der Waals surface area contributed by atoms with Crippen LogP contribution in [0.4, 0.5) is 0 Å². The van der Waals surface area contributed by atoms with E-state index < -0.39 is 17.7 Å². The summed E-state index contributed by atoms with van der Waals surface area (Å²) >= 11 is 0.